The van der Waals surface area contributed by atoms with Crippen molar-refractivity contribution in [3.63, 3.8) is 0 Å². The number of nitrogens with one attached hydrogen (secondary N) is 1. The molecule has 0 saturated carbocycles. The molecule has 11 heteroatoms. The average Bonchev–Trinajstić information content (AvgIpc) is 2.73. The average molecular weight is 454 g/mol. The van der Waals surface area contributed by atoms with E-state index >= 15 is 0 Å². The predicted molar refractivity (Wildman–Crippen MR) is 111 cm³/mol. The molecule has 3 rings (SSSR count). The molecule has 0 aliphatic carbocycles. The first-order valence-corrected chi connectivity index (χ1v) is 11.6. The van der Waals surface area contributed by atoms with E-state index in [0.29, 0.717) is 30.6 Å². The molecule has 1 fully saturated rings. The summed E-state index contributed by atoms with van der Waals surface area (Å²) in [6.45, 7) is 3.75. The van der Waals surface area contributed by atoms with Crippen molar-refractivity contribution in [1.29, 1.82) is 0 Å². The van der Waals surface area contributed by atoms with E-state index in [9.17, 15) is 22.8 Å². The molecular formula is C20H27N3O7S. The van der Waals surface area contributed by atoms with Crippen molar-refractivity contribution in [3.8, 4) is 5.75 Å². The third-order valence-electron chi connectivity index (χ3n) is 5.35. The molecule has 1 atom stereocenters. The lowest BCUT2D eigenvalue weighted by molar-refractivity contribution is -0.151. The zero-order chi connectivity index (χ0) is 22.8. The number of piperidine rings is 1. The van der Waals surface area contributed by atoms with E-state index in [-0.39, 0.29) is 54.7 Å². The Bertz CT molecular complexity index is 993. The van der Waals surface area contributed by atoms with E-state index in [2.05, 4.69) is 5.32 Å². The summed E-state index contributed by atoms with van der Waals surface area (Å²) in [5.41, 5.74) is 0.828. The van der Waals surface area contributed by atoms with E-state index in [1.54, 1.807) is 13.8 Å². The maximum Gasteiger partial charge on any atom is 0.310 e. The van der Waals surface area contributed by atoms with Gasteiger partial charge in [0, 0.05) is 26.2 Å². The second-order valence-corrected chi connectivity index (χ2v) is 9.66. The molecule has 2 aliphatic rings. The molecule has 1 aromatic rings. The van der Waals surface area contributed by atoms with Gasteiger partial charge < -0.3 is 19.7 Å². The number of ether oxygens (including phenoxy) is 2. The third-order valence-corrected chi connectivity index (χ3v) is 7.30. The summed E-state index contributed by atoms with van der Waals surface area (Å²) in [7, 11) is -2.65. The van der Waals surface area contributed by atoms with Crippen LogP contribution in [0.5, 0.6) is 5.75 Å². The first-order valence-electron chi connectivity index (χ1n) is 10.1. The lowest BCUT2D eigenvalue weighted by atomic mass is 9.98. The molecule has 170 valence electrons. The van der Waals surface area contributed by atoms with Crippen molar-refractivity contribution in [2.24, 2.45) is 5.92 Å². The number of benzene rings is 1. The van der Waals surface area contributed by atoms with Crippen LogP contribution < -0.4 is 10.1 Å². The van der Waals surface area contributed by atoms with Gasteiger partial charge in [-0.15, -0.1) is 0 Å². The number of carbonyl (C=O) groups is 3. The van der Waals surface area contributed by atoms with Crippen LogP contribution in [0, 0.1) is 12.8 Å². The van der Waals surface area contributed by atoms with Gasteiger partial charge in [0.15, 0.2) is 6.61 Å². The predicted octanol–water partition coefficient (Wildman–Crippen LogP) is 0.748. The normalized spacial score (nSPS) is 18.8. The molecule has 31 heavy (non-hydrogen) atoms. The van der Waals surface area contributed by atoms with Gasteiger partial charge >= 0.3 is 5.97 Å². The Morgan fingerprint density at radius 1 is 1.35 bits per heavy atom. The van der Waals surface area contributed by atoms with Gasteiger partial charge in [-0.05, 0) is 38.3 Å². The van der Waals surface area contributed by atoms with Gasteiger partial charge in [0.1, 0.15) is 5.75 Å². The molecule has 0 bridgehead atoms. The number of hydrogen-bond acceptors (Lipinski definition) is 7. The summed E-state index contributed by atoms with van der Waals surface area (Å²) in [4.78, 5) is 37.7. The third kappa shape index (κ3) is 4.99. The quantitative estimate of drug-likeness (QED) is 0.631. The summed E-state index contributed by atoms with van der Waals surface area (Å²) < 4.78 is 37.6. The van der Waals surface area contributed by atoms with Crippen LogP contribution in [-0.4, -0.2) is 75.3 Å². The van der Waals surface area contributed by atoms with Crippen LogP contribution in [0.2, 0.25) is 0 Å². The van der Waals surface area contributed by atoms with Gasteiger partial charge in [-0.2, -0.15) is 4.31 Å². The van der Waals surface area contributed by atoms with Crippen LogP contribution in [0.15, 0.2) is 17.0 Å². The Labute approximate surface area is 181 Å². The number of anilines is 1. The summed E-state index contributed by atoms with van der Waals surface area (Å²) in [6.07, 6.45) is 1.29. The van der Waals surface area contributed by atoms with Gasteiger partial charge in [0.25, 0.3) is 5.91 Å². The van der Waals surface area contributed by atoms with Crippen molar-refractivity contribution < 1.29 is 32.3 Å². The standard InChI is InChI=1S/C20H27N3O7S/c1-4-29-20(26)14-6-5-7-23(10-14)19(25)11-22(3)31(27,28)17-9-16-15(8-13(17)2)21-18(24)12-30-16/h8-9,14H,4-7,10-12H2,1-3H3,(H,21,24). The number of likely N-dealkylation sites (N-methyl/N-ethyl adjacent to an activating group) is 1. The summed E-state index contributed by atoms with van der Waals surface area (Å²) in [6, 6.07) is 2.89. The number of hydrogen-bond donors (Lipinski definition) is 1. The van der Waals surface area contributed by atoms with Crippen molar-refractivity contribution in [1.82, 2.24) is 9.21 Å². The Morgan fingerprint density at radius 2 is 2.10 bits per heavy atom. The molecular weight excluding hydrogens is 426 g/mol. The molecule has 1 saturated heterocycles. The van der Waals surface area contributed by atoms with Gasteiger partial charge in [-0.25, -0.2) is 8.42 Å². The molecule has 2 aliphatic heterocycles. The molecule has 2 amide bonds. The molecule has 2 heterocycles. The zero-order valence-electron chi connectivity index (χ0n) is 17.8. The lowest BCUT2D eigenvalue weighted by Gasteiger charge is -2.32. The lowest BCUT2D eigenvalue weighted by Crippen LogP contribution is -2.47. The van der Waals surface area contributed by atoms with Gasteiger partial charge in [0.05, 0.1) is 29.7 Å². The minimum Gasteiger partial charge on any atom is -0.482 e. The Balaban J connectivity index is 1.72. The fraction of sp³-hybridized carbons (Fsp3) is 0.550. The number of sulfonamides is 1. The Kier molecular flexibility index (Phi) is 6.85. The van der Waals surface area contributed by atoms with Crippen LogP contribution >= 0.6 is 0 Å². The van der Waals surface area contributed by atoms with Crippen molar-refractivity contribution in [3.05, 3.63) is 17.7 Å². The SMILES string of the molecule is CCOC(=O)C1CCCN(C(=O)CN(C)S(=O)(=O)c2cc3c(cc2C)NC(=O)CO3)C1. The summed E-state index contributed by atoms with van der Waals surface area (Å²) >= 11 is 0. The second-order valence-electron chi connectivity index (χ2n) is 7.64. The second kappa shape index (κ2) is 9.23. The Morgan fingerprint density at radius 3 is 2.81 bits per heavy atom. The Hall–Kier alpha value is -2.66. The summed E-state index contributed by atoms with van der Waals surface area (Å²) in [5, 5.41) is 2.64. The topological polar surface area (TPSA) is 122 Å². The number of fused-ring (bicyclic) bond motifs is 1. The molecule has 1 aromatic carbocycles. The number of nitrogens with zero attached hydrogens (tertiary/aromatic N) is 2. The molecule has 10 nitrogen and oxygen atoms in total. The minimum absolute atomic E-state index is 0.000688. The van der Waals surface area contributed by atoms with E-state index < -0.39 is 15.9 Å². The number of carbonyl (C=O) groups excluding carboxylic acids is 3. The summed E-state index contributed by atoms with van der Waals surface area (Å²) in [5.74, 6) is -1.16. The van der Waals surface area contributed by atoms with Crippen LogP contribution in [-0.2, 0) is 29.1 Å². The maximum absolute atomic E-state index is 13.1. The molecule has 1 N–H and O–H groups in total. The van der Waals surface area contributed by atoms with Gasteiger partial charge in [-0.3, -0.25) is 14.4 Å². The maximum atomic E-state index is 13.1. The minimum atomic E-state index is -3.99. The van der Waals surface area contributed by atoms with E-state index in [0.717, 1.165) is 4.31 Å². The van der Waals surface area contributed by atoms with Crippen LogP contribution in [0.4, 0.5) is 5.69 Å². The van der Waals surface area contributed by atoms with Crippen LogP contribution in [0.1, 0.15) is 25.3 Å². The highest BCUT2D eigenvalue weighted by Crippen LogP contribution is 2.33. The first kappa shape index (κ1) is 23.0. The fourth-order valence-electron chi connectivity index (χ4n) is 3.69. The number of aryl methyl sites for hydroxylation is 1. The molecule has 0 aromatic heterocycles. The molecule has 0 radical (unpaired) electrons. The largest absolute Gasteiger partial charge is 0.482 e. The van der Waals surface area contributed by atoms with Gasteiger partial charge in [-0.1, -0.05) is 0 Å². The highest BCUT2D eigenvalue weighted by molar-refractivity contribution is 7.89. The van der Waals surface area contributed by atoms with Gasteiger partial charge in [0.2, 0.25) is 15.9 Å². The number of rotatable bonds is 6. The van der Waals surface area contributed by atoms with Crippen LogP contribution in [0.3, 0.4) is 0 Å². The number of esters is 1. The van der Waals surface area contributed by atoms with E-state index in [4.69, 9.17) is 9.47 Å². The molecule has 1 unspecified atom stereocenters. The van der Waals surface area contributed by atoms with E-state index in [1.165, 1.54) is 24.1 Å². The highest BCUT2D eigenvalue weighted by atomic mass is 32.2. The first-order chi connectivity index (χ1) is 14.6. The highest BCUT2D eigenvalue weighted by Gasteiger charge is 2.32. The van der Waals surface area contributed by atoms with Crippen molar-refractivity contribution in [2.45, 2.75) is 31.6 Å². The van der Waals surface area contributed by atoms with E-state index in [1.807, 2.05) is 0 Å². The zero-order valence-corrected chi connectivity index (χ0v) is 18.7. The molecule has 0 spiro atoms. The number of amides is 2. The fourth-order valence-corrected chi connectivity index (χ4v) is 5.03. The monoisotopic (exact) mass is 453 g/mol. The van der Waals surface area contributed by atoms with Crippen molar-refractivity contribution >= 4 is 33.5 Å². The van der Waals surface area contributed by atoms with Crippen molar-refractivity contribution in [2.75, 3.05) is 45.2 Å². The van der Waals surface area contributed by atoms with Crippen LogP contribution in [0.25, 0.3) is 0 Å². The number of likely N-dealkylation sites (tertiary alicyclic amines) is 1. The smallest absolute Gasteiger partial charge is 0.310 e.